The number of amides is 2. The van der Waals surface area contributed by atoms with Gasteiger partial charge in [0.05, 0.1) is 0 Å². The lowest BCUT2D eigenvalue weighted by atomic mass is 9.74. The third kappa shape index (κ3) is 5.55. The predicted molar refractivity (Wildman–Crippen MR) is 121 cm³/mol. The molecule has 2 amide bonds. The number of carbonyl (C=O) groups is 1. The Morgan fingerprint density at radius 2 is 1.73 bits per heavy atom. The quantitative estimate of drug-likeness (QED) is 0.793. The van der Waals surface area contributed by atoms with Gasteiger partial charge in [0.15, 0.2) is 0 Å². The average Bonchev–Trinajstić information content (AvgIpc) is 3.05. The molecule has 0 aromatic heterocycles. The van der Waals surface area contributed by atoms with Crippen LogP contribution in [-0.4, -0.2) is 68.3 Å². The minimum absolute atomic E-state index is 0.00592. The number of hydrogen-bond acceptors (Lipinski definition) is 3. The van der Waals surface area contributed by atoms with E-state index in [2.05, 4.69) is 40.5 Å². The van der Waals surface area contributed by atoms with Gasteiger partial charge in [-0.2, -0.15) is 0 Å². The molecule has 30 heavy (non-hydrogen) atoms. The van der Waals surface area contributed by atoms with Crippen LogP contribution in [0.3, 0.4) is 0 Å². The second-order valence-electron chi connectivity index (χ2n) is 9.56. The van der Waals surface area contributed by atoms with E-state index in [4.69, 9.17) is 4.74 Å². The number of nitrogens with one attached hydrogen (secondary N) is 1. The molecule has 5 nitrogen and oxygen atoms in total. The number of ether oxygens (including phenoxy) is 1. The van der Waals surface area contributed by atoms with Crippen molar-refractivity contribution in [1.29, 1.82) is 0 Å². The lowest BCUT2D eigenvalue weighted by molar-refractivity contribution is 0.0501. The smallest absolute Gasteiger partial charge is 0.317 e. The fourth-order valence-electron chi connectivity index (χ4n) is 5.57. The summed E-state index contributed by atoms with van der Waals surface area (Å²) in [6.07, 6.45) is 10.0. The van der Waals surface area contributed by atoms with Gasteiger partial charge in [0, 0.05) is 51.4 Å². The molecule has 1 aromatic rings. The molecule has 0 radical (unpaired) electrons. The van der Waals surface area contributed by atoms with Gasteiger partial charge in [-0.25, -0.2) is 4.79 Å². The standard InChI is InChI=1S/C25H39N3O2/c29-24(26-21-25(12-18-30-19-13-25)23-10-5-2-6-11-23)28-15-7-14-27(16-17-28)20-22-8-3-1-4-9-22/h2,5-6,10-11,22H,1,3-4,7-9,12-21H2,(H,26,29). The van der Waals surface area contributed by atoms with Crippen molar-refractivity contribution < 1.29 is 9.53 Å². The summed E-state index contributed by atoms with van der Waals surface area (Å²) in [5.74, 6) is 0.873. The molecule has 3 fully saturated rings. The number of nitrogens with zero attached hydrogens (tertiary/aromatic N) is 2. The molecule has 166 valence electrons. The van der Waals surface area contributed by atoms with Gasteiger partial charge in [-0.15, -0.1) is 0 Å². The van der Waals surface area contributed by atoms with E-state index in [1.54, 1.807) is 0 Å². The lowest BCUT2D eigenvalue weighted by Crippen LogP contribution is -2.49. The van der Waals surface area contributed by atoms with Crippen LogP contribution in [0.15, 0.2) is 30.3 Å². The number of benzene rings is 1. The van der Waals surface area contributed by atoms with Crippen LogP contribution in [0.4, 0.5) is 4.79 Å². The lowest BCUT2D eigenvalue weighted by Gasteiger charge is -2.38. The maximum atomic E-state index is 13.0. The maximum absolute atomic E-state index is 13.0. The van der Waals surface area contributed by atoms with E-state index in [0.717, 1.165) is 64.6 Å². The van der Waals surface area contributed by atoms with Gasteiger partial charge in [-0.05, 0) is 50.1 Å². The molecular formula is C25H39N3O2. The summed E-state index contributed by atoms with van der Waals surface area (Å²) in [4.78, 5) is 17.7. The van der Waals surface area contributed by atoms with Crippen LogP contribution in [0.25, 0.3) is 0 Å². The predicted octanol–water partition coefficient (Wildman–Crippen LogP) is 4.03. The Morgan fingerprint density at radius 1 is 0.967 bits per heavy atom. The summed E-state index contributed by atoms with van der Waals surface area (Å²) < 4.78 is 5.63. The highest BCUT2D eigenvalue weighted by molar-refractivity contribution is 5.74. The zero-order chi connectivity index (χ0) is 20.7. The van der Waals surface area contributed by atoms with E-state index >= 15 is 0 Å². The van der Waals surface area contributed by atoms with Gasteiger partial charge >= 0.3 is 6.03 Å². The zero-order valence-corrected chi connectivity index (χ0v) is 18.5. The Morgan fingerprint density at radius 3 is 2.50 bits per heavy atom. The van der Waals surface area contributed by atoms with Crippen LogP contribution in [0.5, 0.6) is 0 Å². The summed E-state index contributed by atoms with van der Waals surface area (Å²) in [7, 11) is 0. The molecule has 2 aliphatic heterocycles. The molecule has 1 aromatic carbocycles. The summed E-state index contributed by atoms with van der Waals surface area (Å²) in [5.41, 5.74) is 1.32. The fourth-order valence-corrected chi connectivity index (χ4v) is 5.57. The molecule has 2 saturated heterocycles. The van der Waals surface area contributed by atoms with Gasteiger partial charge in [-0.1, -0.05) is 49.6 Å². The van der Waals surface area contributed by atoms with Gasteiger partial charge in [0.25, 0.3) is 0 Å². The van der Waals surface area contributed by atoms with Gasteiger partial charge in [0.1, 0.15) is 0 Å². The first-order chi connectivity index (χ1) is 14.8. The number of hydrogen-bond donors (Lipinski definition) is 1. The van der Waals surface area contributed by atoms with Crippen LogP contribution >= 0.6 is 0 Å². The monoisotopic (exact) mass is 413 g/mol. The summed E-state index contributed by atoms with van der Waals surface area (Å²) in [5, 5.41) is 3.30. The molecule has 0 atom stereocenters. The molecule has 1 N–H and O–H groups in total. The minimum atomic E-state index is -0.00592. The molecule has 5 heteroatoms. The van der Waals surface area contributed by atoms with E-state index < -0.39 is 0 Å². The second kappa shape index (κ2) is 10.6. The summed E-state index contributed by atoms with van der Waals surface area (Å²) in [6.45, 7) is 7.32. The van der Waals surface area contributed by atoms with Gasteiger partial charge in [0.2, 0.25) is 0 Å². The molecule has 1 aliphatic carbocycles. The van der Waals surface area contributed by atoms with Crippen molar-refractivity contribution in [3.63, 3.8) is 0 Å². The van der Waals surface area contributed by atoms with E-state index in [9.17, 15) is 4.79 Å². The van der Waals surface area contributed by atoms with Crippen molar-refractivity contribution in [3.8, 4) is 0 Å². The van der Waals surface area contributed by atoms with Crippen LogP contribution in [0.1, 0.15) is 56.9 Å². The van der Waals surface area contributed by atoms with Crippen molar-refractivity contribution in [1.82, 2.24) is 15.1 Å². The maximum Gasteiger partial charge on any atom is 0.317 e. The van der Waals surface area contributed by atoms with E-state index in [1.165, 1.54) is 44.2 Å². The van der Waals surface area contributed by atoms with Crippen molar-refractivity contribution in [2.45, 2.75) is 56.8 Å². The van der Waals surface area contributed by atoms with E-state index in [0.29, 0.717) is 6.54 Å². The van der Waals surface area contributed by atoms with Crippen LogP contribution in [0, 0.1) is 5.92 Å². The Balaban J connectivity index is 1.29. The molecule has 0 bridgehead atoms. The van der Waals surface area contributed by atoms with Crippen LogP contribution < -0.4 is 5.32 Å². The Bertz CT molecular complexity index is 654. The SMILES string of the molecule is O=C(NCC1(c2ccccc2)CCOCC1)N1CCCN(CC2CCCCC2)CC1. The first kappa shape index (κ1) is 21.6. The third-order valence-electron chi connectivity index (χ3n) is 7.53. The largest absolute Gasteiger partial charge is 0.381 e. The molecule has 3 aliphatic rings. The number of urea groups is 1. The minimum Gasteiger partial charge on any atom is -0.381 e. The highest BCUT2D eigenvalue weighted by atomic mass is 16.5. The molecule has 4 rings (SSSR count). The molecule has 1 saturated carbocycles. The van der Waals surface area contributed by atoms with Crippen LogP contribution in [-0.2, 0) is 10.2 Å². The first-order valence-corrected chi connectivity index (χ1v) is 12.1. The Labute approximate surface area is 182 Å². The normalized spacial score (nSPS) is 23.7. The van der Waals surface area contributed by atoms with E-state index in [1.807, 2.05) is 4.90 Å². The fraction of sp³-hybridized carbons (Fsp3) is 0.720. The van der Waals surface area contributed by atoms with Gasteiger partial charge in [-0.3, -0.25) is 0 Å². The van der Waals surface area contributed by atoms with Crippen molar-refractivity contribution in [2.75, 3.05) is 52.5 Å². The zero-order valence-electron chi connectivity index (χ0n) is 18.5. The van der Waals surface area contributed by atoms with Gasteiger partial charge < -0.3 is 19.9 Å². The first-order valence-electron chi connectivity index (χ1n) is 12.1. The van der Waals surface area contributed by atoms with Crippen LogP contribution in [0.2, 0.25) is 0 Å². The van der Waals surface area contributed by atoms with E-state index in [-0.39, 0.29) is 11.4 Å². The van der Waals surface area contributed by atoms with Crippen molar-refractivity contribution in [2.24, 2.45) is 5.92 Å². The number of rotatable bonds is 5. The topological polar surface area (TPSA) is 44.8 Å². The Hall–Kier alpha value is -1.59. The van der Waals surface area contributed by atoms with Crippen molar-refractivity contribution in [3.05, 3.63) is 35.9 Å². The van der Waals surface area contributed by atoms with Crippen molar-refractivity contribution >= 4 is 6.03 Å². The highest BCUT2D eigenvalue weighted by Crippen LogP contribution is 2.34. The third-order valence-corrected chi connectivity index (χ3v) is 7.53. The average molecular weight is 414 g/mol. The summed E-state index contributed by atoms with van der Waals surface area (Å²) >= 11 is 0. The Kier molecular flexibility index (Phi) is 7.67. The molecule has 0 spiro atoms. The summed E-state index contributed by atoms with van der Waals surface area (Å²) in [6, 6.07) is 10.8. The second-order valence-corrected chi connectivity index (χ2v) is 9.56. The molecule has 2 heterocycles. The number of carbonyl (C=O) groups excluding carboxylic acids is 1. The highest BCUT2D eigenvalue weighted by Gasteiger charge is 2.35. The molecule has 0 unspecified atom stereocenters. The molecular weight excluding hydrogens is 374 g/mol.